The first-order valence-corrected chi connectivity index (χ1v) is 7.72. The van der Waals surface area contributed by atoms with Gasteiger partial charge < -0.3 is 14.8 Å². The van der Waals surface area contributed by atoms with Crippen LogP contribution in [0.15, 0.2) is 47.4 Å². The molecule has 0 radical (unpaired) electrons. The predicted octanol–water partition coefficient (Wildman–Crippen LogP) is 1.66. The van der Waals surface area contributed by atoms with Crippen molar-refractivity contribution in [1.29, 1.82) is 0 Å². The molecule has 0 atom stereocenters. The van der Waals surface area contributed by atoms with Crippen LogP contribution in [0, 0.1) is 0 Å². The molecule has 2 aromatic rings. The quantitative estimate of drug-likeness (QED) is 0.908. The largest absolute Gasteiger partial charge is 0.332 e. The van der Waals surface area contributed by atoms with E-state index in [1.165, 1.54) is 28.8 Å². The van der Waals surface area contributed by atoms with Crippen molar-refractivity contribution >= 4 is 17.5 Å². The first-order valence-electron chi connectivity index (χ1n) is 7.72. The molecule has 0 saturated carbocycles. The molecule has 0 saturated heterocycles. The summed E-state index contributed by atoms with van der Waals surface area (Å²) in [5.74, 6) is -0.651. The molecule has 1 heterocycles. The van der Waals surface area contributed by atoms with Gasteiger partial charge in [-0.05, 0) is 24.1 Å². The molecule has 0 aliphatic rings. The van der Waals surface area contributed by atoms with E-state index in [9.17, 15) is 14.4 Å². The monoisotopic (exact) mass is 327 g/mol. The van der Waals surface area contributed by atoms with E-state index < -0.39 is 0 Å². The second-order valence-electron chi connectivity index (χ2n) is 5.58. The smallest absolute Gasteiger partial charge is 0.254 e. The zero-order valence-corrected chi connectivity index (χ0v) is 14.1. The lowest BCUT2D eigenvalue weighted by Crippen LogP contribution is -2.35. The van der Waals surface area contributed by atoms with Crippen LogP contribution in [0.5, 0.6) is 0 Å². The van der Waals surface area contributed by atoms with Gasteiger partial charge in [0.25, 0.3) is 11.5 Å². The van der Waals surface area contributed by atoms with Crippen molar-refractivity contribution in [2.75, 3.05) is 18.9 Å². The summed E-state index contributed by atoms with van der Waals surface area (Å²) in [6, 6.07) is 10.4. The normalized spacial score (nSPS) is 10.3. The standard InChI is InChI=1S/C18H21N3O3/c1-4-13-7-5-6-8-15(13)19-16(22)12-21(3)18(24)14-9-10-20(2)17(23)11-14/h5-11H,4,12H2,1-3H3,(H,19,22). The van der Waals surface area contributed by atoms with E-state index >= 15 is 0 Å². The van der Waals surface area contributed by atoms with Crippen LogP contribution >= 0.6 is 0 Å². The maximum atomic E-state index is 12.3. The third kappa shape index (κ3) is 4.10. The van der Waals surface area contributed by atoms with Crippen molar-refractivity contribution in [3.63, 3.8) is 0 Å². The highest BCUT2D eigenvalue weighted by Gasteiger charge is 2.16. The van der Waals surface area contributed by atoms with Gasteiger partial charge in [0.15, 0.2) is 0 Å². The molecule has 1 N–H and O–H groups in total. The van der Waals surface area contributed by atoms with Crippen molar-refractivity contribution in [2.24, 2.45) is 7.05 Å². The third-order valence-corrected chi connectivity index (χ3v) is 3.75. The Kier molecular flexibility index (Phi) is 5.52. The summed E-state index contributed by atoms with van der Waals surface area (Å²) in [6.07, 6.45) is 2.33. The number of likely N-dealkylation sites (N-methyl/N-ethyl adjacent to an activating group) is 1. The number of nitrogens with one attached hydrogen (secondary N) is 1. The number of rotatable bonds is 5. The zero-order chi connectivity index (χ0) is 17.7. The maximum Gasteiger partial charge on any atom is 0.254 e. The molecule has 126 valence electrons. The summed E-state index contributed by atoms with van der Waals surface area (Å²) in [7, 11) is 3.14. The van der Waals surface area contributed by atoms with Gasteiger partial charge in [-0.25, -0.2) is 0 Å². The number of nitrogens with zero attached hydrogens (tertiary/aromatic N) is 2. The van der Waals surface area contributed by atoms with Gasteiger partial charge in [0.05, 0.1) is 6.54 Å². The molecule has 6 nitrogen and oxygen atoms in total. The lowest BCUT2D eigenvalue weighted by molar-refractivity contribution is -0.116. The van der Waals surface area contributed by atoms with Gasteiger partial charge in [-0.15, -0.1) is 0 Å². The summed E-state index contributed by atoms with van der Waals surface area (Å²) in [4.78, 5) is 37.4. The number of amides is 2. The maximum absolute atomic E-state index is 12.3. The number of carbonyl (C=O) groups is 2. The SMILES string of the molecule is CCc1ccccc1NC(=O)CN(C)C(=O)c1ccn(C)c(=O)c1. The zero-order valence-electron chi connectivity index (χ0n) is 14.1. The van der Waals surface area contributed by atoms with Crippen molar-refractivity contribution in [3.05, 3.63) is 64.1 Å². The number of aromatic nitrogens is 1. The van der Waals surface area contributed by atoms with Crippen LogP contribution in [0.1, 0.15) is 22.8 Å². The third-order valence-electron chi connectivity index (χ3n) is 3.75. The number of aryl methyl sites for hydroxylation is 2. The molecule has 0 unspecified atom stereocenters. The average molecular weight is 327 g/mol. The van der Waals surface area contributed by atoms with Crippen molar-refractivity contribution in [2.45, 2.75) is 13.3 Å². The van der Waals surface area contributed by atoms with E-state index in [1.807, 2.05) is 31.2 Å². The van der Waals surface area contributed by atoms with Crippen molar-refractivity contribution in [3.8, 4) is 0 Å². The summed E-state index contributed by atoms with van der Waals surface area (Å²) < 4.78 is 1.38. The Morgan fingerprint density at radius 1 is 1.21 bits per heavy atom. The molecule has 1 aromatic heterocycles. The lowest BCUT2D eigenvalue weighted by atomic mass is 10.1. The molecule has 2 amide bonds. The van der Waals surface area contributed by atoms with Crippen LogP contribution in [-0.4, -0.2) is 34.9 Å². The van der Waals surface area contributed by atoms with E-state index in [4.69, 9.17) is 0 Å². The number of hydrogen-bond acceptors (Lipinski definition) is 3. The van der Waals surface area contributed by atoms with E-state index in [0.717, 1.165) is 17.7 Å². The summed E-state index contributed by atoms with van der Waals surface area (Å²) in [6.45, 7) is 1.92. The highest BCUT2D eigenvalue weighted by molar-refractivity contribution is 5.99. The van der Waals surface area contributed by atoms with Gasteiger partial charge in [0.2, 0.25) is 5.91 Å². The Hall–Kier alpha value is -2.89. The van der Waals surface area contributed by atoms with Gasteiger partial charge >= 0.3 is 0 Å². The fraction of sp³-hybridized carbons (Fsp3) is 0.278. The topological polar surface area (TPSA) is 71.4 Å². The van der Waals surface area contributed by atoms with Crippen LogP contribution in [-0.2, 0) is 18.3 Å². The van der Waals surface area contributed by atoms with Crippen molar-refractivity contribution < 1.29 is 9.59 Å². The number of para-hydroxylation sites is 1. The lowest BCUT2D eigenvalue weighted by Gasteiger charge is -2.17. The Morgan fingerprint density at radius 3 is 2.58 bits per heavy atom. The van der Waals surface area contributed by atoms with Crippen LogP contribution in [0.25, 0.3) is 0 Å². The van der Waals surface area contributed by atoms with Crippen LogP contribution in [0.4, 0.5) is 5.69 Å². The fourth-order valence-corrected chi connectivity index (χ4v) is 2.33. The molecule has 2 rings (SSSR count). The number of hydrogen-bond donors (Lipinski definition) is 1. The second-order valence-corrected chi connectivity index (χ2v) is 5.58. The first-order chi connectivity index (χ1) is 11.4. The summed E-state index contributed by atoms with van der Waals surface area (Å²) in [5.41, 5.74) is 1.78. The molecular formula is C18H21N3O3. The Balaban J connectivity index is 2.04. The predicted molar refractivity (Wildman–Crippen MR) is 93.1 cm³/mol. The molecule has 0 spiro atoms. The molecule has 24 heavy (non-hydrogen) atoms. The number of benzene rings is 1. The van der Waals surface area contributed by atoms with Crippen LogP contribution in [0.2, 0.25) is 0 Å². The fourth-order valence-electron chi connectivity index (χ4n) is 2.33. The van der Waals surface area contributed by atoms with Gasteiger partial charge in [-0.3, -0.25) is 14.4 Å². The van der Waals surface area contributed by atoms with E-state index in [1.54, 1.807) is 13.1 Å². The van der Waals surface area contributed by atoms with Gasteiger partial charge in [0, 0.05) is 37.6 Å². The Morgan fingerprint density at radius 2 is 1.92 bits per heavy atom. The van der Waals surface area contributed by atoms with Gasteiger partial charge in [-0.1, -0.05) is 25.1 Å². The Labute approximate surface area is 140 Å². The van der Waals surface area contributed by atoms with Crippen LogP contribution in [0.3, 0.4) is 0 Å². The molecule has 6 heteroatoms. The number of carbonyl (C=O) groups excluding carboxylic acids is 2. The Bertz CT molecular complexity index is 811. The van der Waals surface area contributed by atoms with Crippen LogP contribution < -0.4 is 10.9 Å². The molecular weight excluding hydrogens is 306 g/mol. The molecule has 0 fully saturated rings. The second kappa shape index (κ2) is 7.59. The minimum atomic E-state index is -0.369. The minimum Gasteiger partial charge on any atom is -0.332 e. The minimum absolute atomic E-state index is 0.0912. The average Bonchev–Trinajstić information content (AvgIpc) is 2.57. The molecule has 0 aliphatic heterocycles. The highest BCUT2D eigenvalue weighted by atomic mass is 16.2. The molecule has 0 bridgehead atoms. The van der Waals surface area contributed by atoms with E-state index in [2.05, 4.69) is 5.32 Å². The van der Waals surface area contributed by atoms with Gasteiger partial charge in [-0.2, -0.15) is 0 Å². The number of anilines is 1. The molecule has 0 aliphatic carbocycles. The number of pyridine rings is 1. The summed E-state index contributed by atoms with van der Waals surface area (Å²) >= 11 is 0. The summed E-state index contributed by atoms with van der Waals surface area (Å²) in [5, 5.41) is 2.82. The van der Waals surface area contributed by atoms with E-state index in [-0.39, 0.29) is 29.5 Å². The molecule has 1 aromatic carbocycles. The highest BCUT2D eigenvalue weighted by Crippen LogP contribution is 2.15. The van der Waals surface area contributed by atoms with E-state index in [0.29, 0.717) is 0 Å². The van der Waals surface area contributed by atoms with Gasteiger partial charge in [0.1, 0.15) is 0 Å². The first kappa shape index (κ1) is 17.5. The van der Waals surface area contributed by atoms with Crippen molar-refractivity contribution in [1.82, 2.24) is 9.47 Å².